The summed E-state index contributed by atoms with van der Waals surface area (Å²) in [6.07, 6.45) is 5.66. The summed E-state index contributed by atoms with van der Waals surface area (Å²) in [5.74, 6) is -0.0884. The maximum absolute atomic E-state index is 13.1. The molecule has 1 atom stereocenters. The Morgan fingerprint density at radius 2 is 1.53 bits per heavy atom. The van der Waals surface area contributed by atoms with Crippen LogP contribution in [0.4, 0.5) is 0 Å². The van der Waals surface area contributed by atoms with Gasteiger partial charge in [-0.2, -0.15) is 0 Å². The predicted molar refractivity (Wildman–Crippen MR) is 140 cm³/mol. The number of hydrogen-bond donors (Lipinski definition) is 0. The monoisotopic (exact) mass is 485 g/mol. The lowest BCUT2D eigenvalue weighted by Gasteiger charge is -2.40. The molecule has 1 aliphatic heterocycles. The van der Waals surface area contributed by atoms with E-state index in [1.807, 2.05) is 30.9 Å². The van der Waals surface area contributed by atoms with Gasteiger partial charge in [0.1, 0.15) is 5.69 Å². The van der Waals surface area contributed by atoms with Crippen molar-refractivity contribution in [2.45, 2.75) is 38.8 Å². The summed E-state index contributed by atoms with van der Waals surface area (Å²) < 4.78 is 0. The number of benzene rings is 2. The molecule has 2 amide bonds. The molecule has 4 rings (SSSR count). The van der Waals surface area contributed by atoms with Gasteiger partial charge in [0.2, 0.25) is 5.91 Å². The van der Waals surface area contributed by atoms with Crippen molar-refractivity contribution < 1.29 is 9.59 Å². The summed E-state index contributed by atoms with van der Waals surface area (Å²) in [5, 5.41) is 0. The number of piperazine rings is 1. The van der Waals surface area contributed by atoms with Gasteiger partial charge in [-0.05, 0) is 24.5 Å². The molecule has 0 spiro atoms. The van der Waals surface area contributed by atoms with Gasteiger partial charge in [-0.15, -0.1) is 0 Å². The molecule has 2 aromatic carbocycles. The fourth-order valence-corrected chi connectivity index (χ4v) is 4.79. The molecule has 0 aliphatic carbocycles. The molecule has 0 saturated carbocycles. The molecule has 0 N–H and O–H groups in total. The van der Waals surface area contributed by atoms with Crippen LogP contribution in [0.15, 0.2) is 79.3 Å². The Kier molecular flexibility index (Phi) is 8.79. The van der Waals surface area contributed by atoms with Crippen LogP contribution in [-0.4, -0.2) is 75.2 Å². The van der Waals surface area contributed by atoms with Gasteiger partial charge < -0.3 is 9.80 Å². The molecule has 0 bridgehead atoms. The lowest BCUT2D eigenvalue weighted by Crippen LogP contribution is -2.50. The second kappa shape index (κ2) is 12.4. The van der Waals surface area contributed by atoms with Crippen molar-refractivity contribution in [3.8, 4) is 0 Å². The molecule has 1 aliphatic rings. The van der Waals surface area contributed by atoms with E-state index in [9.17, 15) is 9.59 Å². The van der Waals surface area contributed by atoms with E-state index in [1.165, 1.54) is 23.5 Å². The molecule has 188 valence electrons. The normalized spacial score (nSPS) is 15.0. The van der Waals surface area contributed by atoms with Crippen molar-refractivity contribution in [3.63, 3.8) is 0 Å². The van der Waals surface area contributed by atoms with E-state index < -0.39 is 0 Å². The molecule has 1 unspecified atom stereocenters. The Morgan fingerprint density at radius 3 is 2.06 bits per heavy atom. The van der Waals surface area contributed by atoms with Crippen molar-refractivity contribution in [3.05, 3.63) is 96.1 Å². The Hall–Kier alpha value is -3.58. The summed E-state index contributed by atoms with van der Waals surface area (Å²) in [4.78, 5) is 40.5. The Labute approximate surface area is 213 Å². The van der Waals surface area contributed by atoms with Gasteiger partial charge in [0.15, 0.2) is 0 Å². The predicted octanol–water partition coefficient (Wildman–Crippen LogP) is 4.04. The standard InChI is InChI=1S/C29H35N5O2/c1-3-23(2)34(29(36)26-22-30-15-16-31-26)17-14-27(35)32-18-20-33(21-19-32)28(24-10-6-4-7-11-24)25-12-8-5-9-13-25/h4-13,15-16,22-23,28H,3,14,17-21H2,1-2H3. The topological polar surface area (TPSA) is 69.6 Å². The fourth-order valence-electron chi connectivity index (χ4n) is 4.79. The minimum absolute atomic E-state index is 0.0154. The SMILES string of the molecule is CCC(C)N(CCC(=O)N1CCN(C(c2ccccc2)c2ccccc2)CC1)C(=O)c1cnccn1. The highest BCUT2D eigenvalue weighted by Gasteiger charge is 2.29. The van der Waals surface area contributed by atoms with E-state index in [4.69, 9.17) is 0 Å². The van der Waals surface area contributed by atoms with Crippen molar-refractivity contribution >= 4 is 11.8 Å². The van der Waals surface area contributed by atoms with Crippen molar-refractivity contribution in [2.24, 2.45) is 0 Å². The molecule has 1 fully saturated rings. The lowest BCUT2D eigenvalue weighted by atomic mass is 9.96. The molecule has 7 nitrogen and oxygen atoms in total. The average molecular weight is 486 g/mol. The second-order valence-electron chi connectivity index (χ2n) is 9.24. The van der Waals surface area contributed by atoms with E-state index in [0.717, 1.165) is 19.5 Å². The van der Waals surface area contributed by atoms with Crippen molar-refractivity contribution in [2.75, 3.05) is 32.7 Å². The van der Waals surface area contributed by atoms with Gasteiger partial charge in [-0.3, -0.25) is 19.5 Å². The number of amides is 2. The zero-order chi connectivity index (χ0) is 25.3. The van der Waals surface area contributed by atoms with Crippen molar-refractivity contribution in [1.29, 1.82) is 0 Å². The van der Waals surface area contributed by atoms with Gasteiger partial charge in [-0.25, -0.2) is 4.98 Å². The zero-order valence-corrected chi connectivity index (χ0v) is 21.2. The number of carbonyl (C=O) groups is 2. The molecule has 36 heavy (non-hydrogen) atoms. The molecule has 1 saturated heterocycles. The van der Waals surface area contributed by atoms with Crippen LogP contribution in [0.5, 0.6) is 0 Å². The average Bonchev–Trinajstić information content (AvgIpc) is 2.95. The van der Waals surface area contributed by atoms with Crippen LogP contribution in [-0.2, 0) is 4.79 Å². The largest absolute Gasteiger partial charge is 0.340 e. The number of hydrogen-bond acceptors (Lipinski definition) is 5. The second-order valence-corrected chi connectivity index (χ2v) is 9.24. The first-order valence-corrected chi connectivity index (χ1v) is 12.8. The fraction of sp³-hybridized carbons (Fsp3) is 0.379. The molecule has 2 heterocycles. The highest BCUT2D eigenvalue weighted by Crippen LogP contribution is 2.29. The Bertz CT molecular complexity index is 1060. The molecular weight excluding hydrogens is 450 g/mol. The third kappa shape index (κ3) is 6.15. The minimum Gasteiger partial charge on any atom is -0.340 e. The summed E-state index contributed by atoms with van der Waals surface area (Å²) >= 11 is 0. The van der Waals surface area contributed by atoms with Crippen LogP contribution in [0.2, 0.25) is 0 Å². The number of nitrogens with zero attached hydrogens (tertiary/aromatic N) is 5. The summed E-state index contributed by atoms with van der Waals surface area (Å²) in [7, 11) is 0. The third-order valence-electron chi connectivity index (χ3n) is 7.00. The molecule has 0 radical (unpaired) electrons. The van der Waals surface area contributed by atoms with Gasteiger partial charge in [0.05, 0.1) is 12.2 Å². The van der Waals surface area contributed by atoms with Gasteiger partial charge in [0.25, 0.3) is 5.91 Å². The minimum atomic E-state index is -0.177. The molecule has 3 aromatic rings. The van der Waals surface area contributed by atoms with Crippen LogP contribution >= 0.6 is 0 Å². The summed E-state index contributed by atoms with van der Waals surface area (Å²) in [6, 6.07) is 21.3. The third-order valence-corrected chi connectivity index (χ3v) is 7.00. The molecule has 1 aromatic heterocycles. The number of rotatable bonds is 9. The van der Waals surface area contributed by atoms with Crippen LogP contribution in [0.1, 0.15) is 54.3 Å². The summed E-state index contributed by atoms with van der Waals surface area (Å²) in [6.45, 7) is 7.37. The number of carbonyl (C=O) groups excluding carboxylic acids is 2. The van der Waals surface area contributed by atoms with Crippen LogP contribution in [0.3, 0.4) is 0 Å². The van der Waals surface area contributed by atoms with E-state index in [0.29, 0.717) is 31.7 Å². The molecular formula is C29H35N5O2. The smallest absolute Gasteiger partial charge is 0.274 e. The maximum Gasteiger partial charge on any atom is 0.274 e. The van der Waals surface area contributed by atoms with Crippen LogP contribution in [0.25, 0.3) is 0 Å². The number of aromatic nitrogens is 2. The Balaban J connectivity index is 1.38. The van der Waals surface area contributed by atoms with Crippen LogP contribution < -0.4 is 0 Å². The van der Waals surface area contributed by atoms with Gasteiger partial charge in [-0.1, -0.05) is 67.6 Å². The van der Waals surface area contributed by atoms with E-state index in [1.54, 1.807) is 11.1 Å². The lowest BCUT2D eigenvalue weighted by molar-refractivity contribution is -0.133. The van der Waals surface area contributed by atoms with Crippen LogP contribution in [0, 0.1) is 0 Å². The first-order chi connectivity index (χ1) is 17.6. The maximum atomic E-state index is 13.1. The van der Waals surface area contributed by atoms with E-state index in [2.05, 4.69) is 63.4 Å². The first kappa shape index (κ1) is 25.5. The highest BCUT2D eigenvalue weighted by molar-refractivity contribution is 5.92. The van der Waals surface area contributed by atoms with E-state index >= 15 is 0 Å². The molecule has 7 heteroatoms. The zero-order valence-electron chi connectivity index (χ0n) is 21.2. The van der Waals surface area contributed by atoms with E-state index in [-0.39, 0.29) is 23.9 Å². The van der Waals surface area contributed by atoms with Gasteiger partial charge >= 0.3 is 0 Å². The quantitative estimate of drug-likeness (QED) is 0.458. The summed E-state index contributed by atoms with van der Waals surface area (Å²) in [5.41, 5.74) is 2.83. The highest BCUT2D eigenvalue weighted by atomic mass is 16.2. The van der Waals surface area contributed by atoms with Crippen molar-refractivity contribution in [1.82, 2.24) is 24.7 Å². The first-order valence-electron chi connectivity index (χ1n) is 12.8. The Morgan fingerprint density at radius 1 is 0.917 bits per heavy atom. The van der Waals surface area contributed by atoms with Gasteiger partial charge in [0, 0.05) is 57.6 Å².